The van der Waals surface area contributed by atoms with Crippen molar-refractivity contribution in [3.63, 3.8) is 0 Å². The quantitative estimate of drug-likeness (QED) is 0.359. The van der Waals surface area contributed by atoms with E-state index in [9.17, 15) is 19.5 Å². The Kier molecular flexibility index (Phi) is 9.11. The second-order valence-electron chi connectivity index (χ2n) is 13.9. The highest BCUT2D eigenvalue weighted by molar-refractivity contribution is 5.99. The highest BCUT2D eigenvalue weighted by Gasteiger charge is 2.79. The lowest BCUT2D eigenvalue weighted by Gasteiger charge is -2.43. The Bertz CT molecular complexity index is 1420. The normalized spacial score (nSPS) is 27.6. The van der Waals surface area contributed by atoms with Crippen molar-refractivity contribution < 1.29 is 24.2 Å². The summed E-state index contributed by atoms with van der Waals surface area (Å²) in [4.78, 5) is 49.3. The number of rotatable bonds is 12. The van der Waals surface area contributed by atoms with E-state index in [0.29, 0.717) is 32.4 Å². The summed E-state index contributed by atoms with van der Waals surface area (Å²) in [6.07, 6.45) is 4.74. The van der Waals surface area contributed by atoms with Crippen LogP contribution in [0.3, 0.4) is 0 Å². The van der Waals surface area contributed by atoms with Gasteiger partial charge in [-0.2, -0.15) is 0 Å². The Morgan fingerprint density at radius 1 is 1.00 bits per heavy atom. The van der Waals surface area contributed by atoms with Gasteiger partial charge >= 0.3 is 0 Å². The average Bonchev–Trinajstić information content (AvgIpc) is 3.59. The minimum absolute atomic E-state index is 0.184. The van der Waals surface area contributed by atoms with Crippen molar-refractivity contribution in [1.82, 2.24) is 14.7 Å². The van der Waals surface area contributed by atoms with Gasteiger partial charge in [-0.15, -0.1) is 13.2 Å². The number of carbonyl (C=O) groups is 3. The molecular formula is C37H47N3O5. The van der Waals surface area contributed by atoms with Crippen LogP contribution in [-0.2, 0) is 32.1 Å². The second kappa shape index (κ2) is 12.6. The molecule has 45 heavy (non-hydrogen) atoms. The SMILES string of the molecule is C=CCN(Cc1ccccc1)C(=O)[C@@H]1[C@H]2C(=O)N([C@@H](CO)Cc3ccccc3)C(C(=O)N(CC=C)C(C)(C)C)C23CC[C@@]1(C)O3. The summed E-state index contributed by atoms with van der Waals surface area (Å²) in [6, 6.07) is 17.7. The third-order valence-corrected chi connectivity index (χ3v) is 9.90. The van der Waals surface area contributed by atoms with Gasteiger partial charge < -0.3 is 24.5 Å². The molecule has 0 aromatic heterocycles. The monoisotopic (exact) mass is 613 g/mol. The van der Waals surface area contributed by atoms with Gasteiger partial charge in [0, 0.05) is 25.2 Å². The highest BCUT2D eigenvalue weighted by Crippen LogP contribution is 2.64. The molecule has 2 unspecified atom stereocenters. The van der Waals surface area contributed by atoms with Crippen molar-refractivity contribution in [1.29, 1.82) is 0 Å². The van der Waals surface area contributed by atoms with E-state index >= 15 is 0 Å². The summed E-state index contributed by atoms with van der Waals surface area (Å²) in [6.45, 7) is 16.2. The molecule has 3 saturated heterocycles. The lowest BCUT2D eigenvalue weighted by atomic mass is 9.66. The van der Waals surface area contributed by atoms with Crippen molar-refractivity contribution in [2.24, 2.45) is 11.8 Å². The first-order chi connectivity index (χ1) is 21.4. The molecule has 2 aromatic carbocycles. The van der Waals surface area contributed by atoms with Crippen molar-refractivity contribution in [3.8, 4) is 0 Å². The second-order valence-corrected chi connectivity index (χ2v) is 13.9. The Morgan fingerprint density at radius 2 is 1.60 bits per heavy atom. The van der Waals surface area contributed by atoms with E-state index < -0.39 is 40.7 Å². The molecular weight excluding hydrogens is 566 g/mol. The highest BCUT2D eigenvalue weighted by atomic mass is 16.5. The van der Waals surface area contributed by atoms with E-state index in [1.54, 1.807) is 26.9 Å². The number of carbonyl (C=O) groups excluding carboxylic acids is 3. The molecule has 3 amide bonds. The van der Waals surface area contributed by atoms with Crippen molar-refractivity contribution >= 4 is 17.7 Å². The summed E-state index contributed by atoms with van der Waals surface area (Å²) in [7, 11) is 0. The van der Waals surface area contributed by atoms with E-state index in [1.807, 2.05) is 88.4 Å². The van der Waals surface area contributed by atoms with Crippen molar-refractivity contribution in [2.75, 3.05) is 19.7 Å². The maximum absolute atomic E-state index is 14.9. The van der Waals surface area contributed by atoms with Gasteiger partial charge in [-0.25, -0.2) is 0 Å². The van der Waals surface area contributed by atoms with E-state index in [4.69, 9.17) is 4.74 Å². The first-order valence-electron chi connectivity index (χ1n) is 15.9. The first kappa shape index (κ1) is 32.6. The summed E-state index contributed by atoms with van der Waals surface area (Å²) >= 11 is 0. The third-order valence-electron chi connectivity index (χ3n) is 9.90. The number of ether oxygens (including phenoxy) is 1. The molecule has 3 fully saturated rings. The summed E-state index contributed by atoms with van der Waals surface area (Å²) in [5.41, 5.74) is -0.789. The maximum Gasteiger partial charge on any atom is 0.249 e. The molecule has 0 radical (unpaired) electrons. The molecule has 1 N–H and O–H groups in total. The summed E-state index contributed by atoms with van der Waals surface area (Å²) in [5, 5.41) is 10.8. The molecule has 8 nitrogen and oxygen atoms in total. The molecule has 3 aliphatic rings. The number of aliphatic hydroxyl groups excluding tert-OH is 1. The van der Waals surface area contributed by atoms with Gasteiger partial charge in [0.15, 0.2) is 0 Å². The lowest BCUT2D eigenvalue weighted by molar-refractivity contribution is -0.159. The van der Waals surface area contributed by atoms with Gasteiger partial charge in [0.1, 0.15) is 11.6 Å². The van der Waals surface area contributed by atoms with E-state index in [-0.39, 0.29) is 30.9 Å². The molecule has 6 atom stereocenters. The van der Waals surface area contributed by atoms with Crippen molar-refractivity contribution in [2.45, 2.75) is 82.3 Å². The number of fused-ring (bicyclic) bond motifs is 1. The van der Waals surface area contributed by atoms with Gasteiger partial charge in [-0.3, -0.25) is 14.4 Å². The number of likely N-dealkylation sites (tertiary alicyclic amines) is 1. The number of nitrogens with zero attached hydrogens (tertiary/aromatic N) is 3. The predicted octanol–water partition coefficient (Wildman–Crippen LogP) is 4.38. The first-order valence-corrected chi connectivity index (χ1v) is 15.9. The zero-order chi connectivity index (χ0) is 32.6. The lowest BCUT2D eigenvalue weighted by Crippen LogP contribution is -2.62. The number of aliphatic hydroxyl groups is 1. The molecule has 240 valence electrons. The average molecular weight is 614 g/mol. The fourth-order valence-electron chi connectivity index (χ4n) is 7.91. The van der Waals surface area contributed by atoms with E-state index in [0.717, 1.165) is 11.1 Å². The molecule has 1 spiro atoms. The molecule has 0 aliphatic carbocycles. The van der Waals surface area contributed by atoms with Crippen LogP contribution in [0.25, 0.3) is 0 Å². The molecule has 2 bridgehead atoms. The molecule has 2 aromatic rings. The third kappa shape index (κ3) is 5.74. The topological polar surface area (TPSA) is 90.4 Å². The van der Waals surface area contributed by atoms with Crippen LogP contribution in [0, 0.1) is 11.8 Å². The smallest absolute Gasteiger partial charge is 0.249 e. The summed E-state index contributed by atoms with van der Waals surface area (Å²) < 4.78 is 6.91. The zero-order valence-electron chi connectivity index (χ0n) is 27.0. The van der Waals surface area contributed by atoms with Crippen LogP contribution in [-0.4, -0.2) is 86.0 Å². The van der Waals surface area contributed by atoms with Crippen LogP contribution in [0.5, 0.6) is 0 Å². The van der Waals surface area contributed by atoms with Crippen LogP contribution < -0.4 is 0 Å². The minimum Gasteiger partial charge on any atom is -0.394 e. The van der Waals surface area contributed by atoms with Crippen molar-refractivity contribution in [3.05, 3.63) is 97.1 Å². The van der Waals surface area contributed by atoms with Gasteiger partial charge in [0.25, 0.3) is 0 Å². The molecule has 5 rings (SSSR count). The fraction of sp³-hybridized carbons (Fsp3) is 0.486. The Balaban J connectivity index is 1.60. The van der Waals surface area contributed by atoms with E-state index in [1.165, 1.54) is 0 Å². The Hall–Kier alpha value is -3.75. The Labute approximate surface area is 267 Å². The fourth-order valence-corrected chi connectivity index (χ4v) is 7.91. The zero-order valence-corrected chi connectivity index (χ0v) is 27.0. The number of hydrogen-bond donors (Lipinski definition) is 1. The van der Waals surface area contributed by atoms with Gasteiger partial charge in [-0.05, 0) is 58.1 Å². The standard InChI is InChI=1S/C37H47N3O5/c1-7-21-38(24-27-17-13-10-14-18-27)32(42)29-30-33(43)40(28(25-41)23-26-15-11-9-12-16-26)31(37(30)20-19-36(29,6)45-37)34(44)39(22-8-2)35(3,4)5/h7-18,28-31,41H,1-2,19-25H2,3-6H3/t28-,29+,30+,31?,36-,37?/m1/s1. The number of hydrogen-bond acceptors (Lipinski definition) is 5. The van der Waals surface area contributed by atoms with Gasteiger partial charge in [0.05, 0.1) is 30.1 Å². The van der Waals surface area contributed by atoms with Crippen LogP contribution >= 0.6 is 0 Å². The molecule has 0 saturated carbocycles. The van der Waals surface area contributed by atoms with Crippen LogP contribution in [0.15, 0.2) is 86.0 Å². The largest absolute Gasteiger partial charge is 0.394 e. The predicted molar refractivity (Wildman–Crippen MR) is 174 cm³/mol. The van der Waals surface area contributed by atoms with Crippen LogP contribution in [0.1, 0.15) is 51.7 Å². The van der Waals surface area contributed by atoms with Gasteiger partial charge in [0.2, 0.25) is 17.7 Å². The maximum atomic E-state index is 14.9. The summed E-state index contributed by atoms with van der Waals surface area (Å²) in [5.74, 6) is -2.40. The molecule has 3 heterocycles. The van der Waals surface area contributed by atoms with E-state index in [2.05, 4.69) is 13.2 Å². The Morgan fingerprint density at radius 3 is 2.16 bits per heavy atom. The number of benzene rings is 2. The number of amides is 3. The molecule has 3 aliphatic heterocycles. The molecule has 8 heteroatoms. The minimum atomic E-state index is -1.20. The van der Waals surface area contributed by atoms with Crippen LogP contribution in [0.4, 0.5) is 0 Å². The van der Waals surface area contributed by atoms with Crippen LogP contribution in [0.2, 0.25) is 0 Å². The van der Waals surface area contributed by atoms with Gasteiger partial charge in [-0.1, -0.05) is 72.8 Å².